The van der Waals surface area contributed by atoms with E-state index in [1.54, 1.807) is 18.6 Å². The first-order valence-corrected chi connectivity index (χ1v) is 10.7. The smallest absolute Gasteiger partial charge is 0.329 e. The molecule has 10 heteroatoms. The highest BCUT2D eigenvalue weighted by Gasteiger charge is 2.35. The number of alkyl halides is 1. The Labute approximate surface area is 183 Å². The number of hydrogen-bond acceptors (Lipinski definition) is 8. The number of nitrogens with zero attached hydrogens (tertiary/aromatic N) is 5. The molecule has 3 aromatic rings. The van der Waals surface area contributed by atoms with E-state index in [0.29, 0.717) is 24.7 Å². The highest BCUT2D eigenvalue weighted by atomic mass is 32.1. The maximum absolute atomic E-state index is 14.9. The molecule has 3 heterocycles. The van der Waals surface area contributed by atoms with E-state index in [1.807, 2.05) is 45.5 Å². The van der Waals surface area contributed by atoms with E-state index in [-0.39, 0.29) is 19.4 Å². The fourth-order valence-corrected chi connectivity index (χ4v) is 4.12. The van der Waals surface area contributed by atoms with E-state index in [0.717, 1.165) is 10.8 Å². The average Bonchev–Trinajstić information content (AvgIpc) is 3.29. The maximum Gasteiger partial charge on any atom is 0.329 e. The van der Waals surface area contributed by atoms with E-state index in [9.17, 15) is 9.18 Å². The minimum atomic E-state index is -1.53. The number of benzene rings is 1. The summed E-state index contributed by atoms with van der Waals surface area (Å²) in [6.45, 7) is 0.168. The molecule has 0 unspecified atom stereocenters. The van der Waals surface area contributed by atoms with Crippen molar-refractivity contribution >= 4 is 39.8 Å². The Hall–Kier alpha value is -3.11. The molecule has 0 atom stereocenters. The zero-order valence-electron chi connectivity index (χ0n) is 16.7. The predicted octanol–water partition coefficient (Wildman–Crippen LogP) is 3.81. The molecule has 8 nitrogen and oxygen atoms in total. The monoisotopic (exact) mass is 443 g/mol. The Morgan fingerprint density at radius 3 is 2.71 bits per heavy atom. The topological polar surface area (TPSA) is 91.7 Å². The summed E-state index contributed by atoms with van der Waals surface area (Å²) in [7, 11) is 0. The van der Waals surface area contributed by atoms with Gasteiger partial charge in [-0.25, -0.2) is 19.2 Å². The number of ether oxygens (including phenoxy) is 1. The summed E-state index contributed by atoms with van der Waals surface area (Å²) >= 11 is 1.50. The van der Waals surface area contributed by atoms with Crippen LogP contribution in [-0.4, -0.2) is 58.0 Å². The second-order valence-corrected chi connectivity index (χ2v) is 8.12. The first kappa shape index (κ1) is 21.1. The van der Waals surface area contributed by atoms with Crippen LogP contribution >= 0.6 is 11.3 Å². The number of rotatable bonds is 8. The fraction of sp³-hybridized carbons (Fsp3) is 0.333. The summed E-state index contributed by atoms with van der Waals surface area (Å²) in [5.41, 5.74) is -0.616. The standard InChI is InChI=1S/C21H22FN5O3S/c22-21(15-30-14-19(28)29)6-9-26(10-7-21)17-12-23-13-18(25-17)27(20-24-8-11-31-20)16-4-2-1-3-5-16/h1-5,8,11-13H,6-7,9-10,14-15H2,(H,28,29). The van der Waals surface area contributed by atoms with Crippen LogP contribution in [0.5, 0.6) is 0 Å². The van der Waals surface area contributed by atoms with Crippen LogP contribution in [0.4, 0.5) is 26.8 Å². The van der Waals surface area contributed by atoms with Crippen molar-refractivity contribution in [3.8, 4) is 0 Å². The number of aromatic nitrogens is 3. The van der Waals surface area contributed by atoms with E-state index < -0.39 is 18.2 Å². The molecule has 0 spiro atoms. The Bertz CT molecular complexity index is 997. The Morgan fingerprint density at radius 1 is 1.26 bits per heavy atom. The molecular formula is C21H22FN5O3S. The zero-order valence-corrected chi connectivity index (χ0v) is 17.5. The first-order valence-electron chi connectivity index (χ1n) is 9.84. The summed E-state index contributed by atoms with van der Waals surface area (Å²) in [4.78, 5) is 28.1. The minimum absolute atomic E-state index is 0.218. The van der Waals surface area contributed by atoms with Gasteiger partial charge >= 0.3 is 5.97 Å². The summed E-state index contributed by atoms with van der Waals surface area (Å²) in [6, 6.07) is 9.80. The van der Waals surface area contributed by atoms with Gasteiger partial charge in [-0.1, -0.05) is 18.2 Å². The number of carboxylic acid groups (broad SMARTS) is 1. The number of anilines is 4. The molecule has 1 saturated heterocycles. The van der Waals surface area contributed by atoms with E-state index in [1.165, 1.54) is 11.3 Å². The molecule has 1 fully saturated rings. The minimum Gasteiger partial charge on any atom is -0.480 e. The van der Waals surface area contributed by atoms with Gasteiger partial charge in [0.25, 0.3) is 0 Å². The van der Waals surface area contributed by atoms with Crippen LogP contribution in [0.3, 0.4) is 0 Å². The Balaban J connectivity index is 1.50. The van der Waals surface area contributed by atoms with Crippen molar-refractivity contribution in [2.45, 2.75) is 18.5 Å². The SMILES string of the molecule is O=C(O)COCC1(F)CCN(c2cncc(N(c3ccccc3)c3nccs3)n2)CC1. The maximum atomic E-state index is 14.9. The zero-order chi connectivity index (χ0) is 21.7. The number of carbonyl (C=O) groups is 1. The highest BCUT2D eigenvalue weighted by molar-refractivity contribution is 7.13. The molecule has 0 aliphatic carbocycles. The highest BCUT2D eigenvalue weighted by Crippen LogP contribution is 2.35. The molecule has 0 radical (unpaired) electrons. The van der Waals surface area contributed by atoms with E-state index in [4.69, 9.17) is 14.8 Å². The van der Waals surface area contributed by atoms with Crippen molar-refractivity contribution in [1.29, 1.82) is 0 Å². The average molecular weight is 444 g/mol. The molecule has 0 bridgehead atoms. The third-order valence-corrected chi connectivity index (χ3v) is 5.79. The third-order valence-electron chi connectivity index (χ3n) is 5.03. The molecule has 0 amide bonds. The second kappa shape index (κ2) is 9.36. The van der Waals surface area contributed by atoms with Gasteiger partial charge in [0, 0.05) is 43.2 Å². The lowest BCUT2D eigenvalue weighted by Gasteiger charge is -2.36. The van der Waals surface area contributed by atoms with Gasteiger partial charge in [-0.2, -0.15) is 0 Å². The lowest BCUT2D eigenvalue weighted by Crippen LogP contribution is -2.45. The molecule has 1 aliphatic heterocycles. The number of aliphatic carboxylic acids is 1. The number of para-hydroxylation sites is 1. The molecule has 4 rings (SSSR count). The van der Waals surface area contributed by atoms with Crippen LogP contribution in [0.1, 0.15) is 12.8 Å². The van der Waals surface area contributed by atoms with E-state index >= 15 is 0 Å². The van der Waals surface area contributed by atoms with Crippen LogP contribution in [0.15, 0.2) is 54.3 Å². The Morgan fingerprint density at radius 2 is 2.03 bits per heavy atom. The molecule has 1 aliphatic rings. The molecular weight excluding hydrogens is 421 g/mol. The van der Waals surface area contributed by atoms with Crippen molar-refractivity contribution in [1.82, 2.24) is 15.0 Å². The third kappa shape index (κ3) is 5.15. The lowest BCUT2D eigenvalue weighted by molar-refractivity contribution is -0.144. The van der Waals surface area contributed by atoms with Gasteiger partial charge in [-0.05, 0) is 12.1 Å². The largest absolute Gasteiger partial charge is 0.480 e. The molecule has 1 N–H and O–H groups in total. The van der Waals surface area contributed by atoms with Crippen LogP contribution in [0.2, 0.25) is 0 Å². The number of piperidine rings is 1. The molecule has 1 aromatic carbocycles. The normalized spacial score (nSPS) is 15.6. The van der Waals surface area contributed by atoms with Crippen LogP contribution in [0, 0.1) is 0 Å². The fourth-order valence-electron chi connectivity index (χ4n) is 3.45. The van der Waals surface area contributed by atoms with Gasteiger partial charge in [0.05, 0.1) is 19.0 Å². The summed E-state index contributed by atoms with van der Waals surface area (Å²) in [5, 5.41) is 11.3. The van der Waals surface area contributed by atoms with Gasteiger partial charge in [0.2, 0.25) is 0 Å². The predicted molar refractivity (Wildman–Crippen MR) is 116 cm³/mol. The lowest BCUT2D eigenvalue weighted by atomic mass is 9.94. The summed E-state index contributed by atoms with van der Waals surface area (Å²) < 4.78 is 19.9. The van der Waals surface area contributed by atoms with Gasteiger partial charge in [0.1, 0.15) is 18.1 Å². The molecule has 0 saturated carbocycles. The van der Waals surface area contributed by atoms with Gasteiger partial charge < -0.3 is 14.7 Å². The Kier molecular flexibility index (Phi) is 6.38. The first-order chi connectivity index (χ1) is 15.0. The quantitative estimate of drug-likeness (QED) is 0.562. The van der Waals surface area contributed by atoms with Crippen molar-refractivity contribution in [2.24, 2.45) is 0 Å². The van der Waals surface area contributed by atoms with Crippen LogP contribution in [-0.2, 0) is 9.53 Å². The summed E-state index contributed by atoms with van der Waals surface area (Å²) in [6.07, 6.45) is 5.55. The second-order valence-electron chi connectivity index (χ2n) is 7.25. The van der Waals surface area contributed by atoms with E-state index in [2.05, 4.69) is 9.97 Å². The van der Waals surface area contributed by atoms with Crippen molar-refractivity contribution in [3.63, 3.8) is 0 Å². The van der Waals surface area contributed by atoms with Gasteiger partial charge in [0.15, 0.2) is 10.9 Å². The van der Waals surface area contributed by atoms with Crippen LogP contribution in [0.25, 0.3) is 0 Å². The number of thiazole rings is 1. The summed E-state index contributed by atoms with van der Waals surface area (Å²) in [5.74, 6) is 0.181. The number of carboxylic acids is 1. The molecule has 31 heavy (non-hydrogen) atoms. The molecule has 162 valence electrons. The van der Waals surface area contributed by atoms with Crippen molar-refractivity contribution < 1.29 is 19.0 Å². The van der Waals surface area contributed by atoms with Gasteiger partial charge in [-0.15, -0.1) is 11.3 Å². The number of hydrogen-bond donors (Lipinski definition) is 1. The number of halogens is 1. The molecule has 2 aromatic heterocycles. The van der Waals surface area contributed by atoms with Gasteiger partial charge in [-0.3, -0.25) is 9.88 Å². The van der Waals surface area contributed by atoms with Crippen LogP contribution < -0.4 is 9.80 Å². The van der Waals surface area contributed by atoms with Crippen molar-refractivity contribution in [3.05, 3.63) is 54.3 Å². The van der Waals surface area contributed by atoms with Crippen molar-refractivity contribution in [2.75, 3.05) is 36.1 Å².